The zero-order valence-electron chi connectivity index (χ0n) is 19.1. The molecule has 0 heterocycles. The van der Waals surface area contributed by atoms with E-state index in [1.54, 1.807) is 25.1 Å². The number of hydrogen-bond donors (Lipinski definition) is 1. The van der Waals surface area contributed by atoms with Gasteiger partial charge in [0.15, 0.2) is 6.61 Å². The molecule has 1 unspecified atom stereocenters. The number of carbonyl (C=O) groups is 2. The first kappa shape index (κ1) is 23.8. The number of ether oxygens (including phenoxy) is 1. The molecule has 0 saturated heterocycles. The molecule has 0 bridgehead atoms. The van der Waals surface area contributed by atoms with Crippen LogP contribution in [0.2, 0.25) is 0 Å². The standard InChI is InChI=1S/C26H33FN2O3/c1-18(2)20-12-14-23(15-13-20)32-17-25(30)29(16-21-8-4-7-11-24(21)27)19(3)26(31)28-22-9-5-6-10-22/h4,7-8,11-15,18-19,22H,5-6,9-10,16-17H2,1-3H3,(H,28,31). The molecule has 2 amide bonds. The second-order valence-corrected chi connectivity index (χ2v) is 8.79. The Hall–Kier alpha value is -2.89. The Labute approximate surface area is 190 Å². The summed E-state index contributed by atoms with van der Waals surface area (Å²) in [4.78, 5) is 27.3. The van der Waals surface area contributed by atoms with Gasteiger partial charge in [0.25, 0.3) is 5.91 Å². The third-order valence-corrected chi connectivity index (χ3v) is 6.08. The smallest absolute Gasteiger partial charge is 0.261 e. The lowest BCUT2D eigenvalue weighted by molar-refractivity contribution is -0.142. The largest absolute Gasteiger partial charge is 0.484 e. The molecule has 1 aliphatic carbocycles. The van der Waals surface area contributed by atoms with Crippen LogP contribution in [0.4, 0.5) is 4.39 Å². The highest BCUT2D eigenvalue weighted by atomic mass is 19.1. The lowest BCUT2D eigenvalue weighted by Crippen LogP contribution is -2.50. The molecule has 1 saturated carbocycles. The van der Waals surface area contributed by atoms with E-state index in [1.165, 1.54) is 16.5 Å². The van der Waals surface area contributed by atoms with Crippen LogP contribution in [0.25, 0.3) is 0 Å². The van der Waals surface area contributed by atoms with Crippen LogP contribution in [0.15, 0.2) is 48.5 Å². The fraction of sp³-hybridized carbons (Fsp3) is 0.462. The fourth-order valence-electron chi connectivity index (χ4n) is 3.96. The number of halogens is 1. The summed E-state index contributed by atoms with van der Waals surface area (Å²) >= 11 is 0. The molecule has 1 aliphatic rings. The SMILES string of the molecule is CC(C)c1ccc(OCC(=O)N(Cc2ccccc2F)C(C)C(=O)NC2CCCC2)cc1. The molecular formula is C26H33FN2O3. The number of amides is 2. The molecule has 0 aliphatic heterocycles. The van der Waals surface area contributed by atoms with Crippen LogP contribution in [0.3, 0.4) is 0 Å². The molecule has 172 valence electrons. The van der Waals surface area contributed by atoms with Gasteiger partial charge in [-0.3, -0.25) is 9.59 Å². The van der Waals surface area contributed by atoms with Crippen molar-refractivity contribution in [3.8, 4) is 5.75 Å². The van der Waals surface area contributed by atoms with Crippen molar-refractivity contribution in [1.82, 2.24) is 10.2 Å². The van der Waals surface area contributed by atoms with Crippen LogP contribution in [0.5, 0.6) is 5.75 Å². The number of rotatable bonds is 9. The quantitative estimate of drug-likeness (QED) is 0.609. The molecule has 1 fully saturated rings. The zero-order valence-corrected chi connectivity index (χ0v) is 19.1. The van der Waals surface area contributed by atoms with Crippen molar-refractivity contribution in [2.24, 2.45) is 0 Å². The van der Waals surface area contributed by atoms with Crippen molar-refractivity contribution in [3.63, 3.8) is 0 Å². The maximum atomic E-state index is 14.3. The third-order valence-electron chi connectivity index (χ3n) is 6.08. The van der Waals surface area contributed by atoms with Gasteiger partial charge in [0.1, 0.15) is 17.6 Å². The molecule has 0 spiro atoms. The van der Waals surface area contributed by atoms with E-state index < -0.39 is 11.9 Å². The van der Waals surface area contributed by atoms with Crippen LogP contribution in [-0.2, 0) is 16.1 Å². The number of carbonyl (C=O) groups excluding carboxylic acids is 2. The monoisotopic (exact) mass is 440 g/mol. The Bertz CT molecular complexity index is 908. The third kappa shape index (κ3) is 6.31. The van der Waals surface area contributed by atoms with Crippen LogP contribution < -0.4 is 10.1 Å². The predicted molar refractivity (Wildman–Crippen MR) is 123 cm³/mol. The normalized spacial score (nSPS) is 14.9. The van der Waals surface area contributed by atoms with Gasteiger partial charge in [0.05, 0.1) is 0 Å². The van der Waals surface area contributed by atoms with Crippen molar-refractivity contribution >= 4 is 11.8 Å². The van der Waals surface area contributed by atoms with Gasteiger partial charge >= 0.3 is 0 Å². The minimum absolute atomic E-state index is 0.000404. The van der Waals surface area contributed by atoms with E-state index >= 15 is 0 Å². The summed E-state index contributed by atoms with van der Waals surface area (Å²) in [5, 5.41) is 3.04. The van der Waals surface area contributed by atoms with Gasteiger partial charge in [0, 0.05) is 18.2 Å². The number of benzene rings is 2. The first-order valence-electron chi connectivity index (χ1n) is 11.4. The maximum Gasteiger partial charge on any atom is 0.261 e. The lowest BCUT2D eigenvalue weighted by atomic mass is 10.0. The van der Waals surface area contributed by atoms with Crippen molar-refractivity contribution in [3.05, 3.63) is 65.5 Å². The van der Waals surface area contributed by atoms with Gasteiger partial charge in [-0.2, -0.15) is 0 Å². The molecule has 2 aromatic carbocycles. The minimum Gasteiger partial charge on any atom is -0.484 e. The van der Waals surface area contributed by atoms with Gasteiger partial charge in [-0.15, -0.1) is 0 Å². The van der Waals surface area contributed by atoms with E-state index in [4.69, 9.17) is 4.74 Å². The van der Waals surface area contributed by atoms with Gasteiger partial charge in [0.2, 0.25) is 5.91 Å². The molecule has 5 nitrogen and oxygen atoms in total. The first-order chi connectivity index (χ1) is 15.3. The molecule has 2 aromatic rings. The van der Waals surface area contributed by atoms with E-state index in [1.807, 2.05) is 24.3 Å². The van der Waals surface area contributed by atoms with Gasteiger partial charge in [-0.1, -0.05) is 57.0 Å². The highest BCUT2D eigenvalue weighted by molar-refractivity contribution is 5.88. The molecule has 6 heteroatoms. The molecule has 3 rings (SSSR count). The summed E-state index contributed by atoms with van der Waals surface area (Å²) in [6.45, 7) is 5.67. The van der Waals surface area contributed by atoms with Crippen molar-refractivity contribution in [2.45, 2.75) is 71.0 Å². The number of nitrogens with zero attached hydrogens (tertiary/aromatic N) is 1. The zero-order chi connectivity index (χ0) is 23.1. The lowest BCUT2D eigenvalue weighted by Gasteiger charge is -2.29. The van der Waals surface area contributed by atoms with E-state index in [-0.39, 0.29) is 31.0 Å². The van der Waals surface area contributed by atoms with Gasteiger partial charge < -0.3 is 15.0 Å². The second-order valence-electron chi connectivity index (χ2n) is 8.79. The molecule has 32 heavy (non-hydrogen) atoms. The molecule has 0 aromatic heterocycles. The van der Waals surface area contributed by atoms with Gasteiger partial charge in [-0.25, -0.2) is 4.39 Å². The molecular weight excluding hydrogens is 407 g/mol. The predicted octanol–water partition coefficient (Wildman–Crippen LogP) is 4.80. The van der Waals surface area contributed by atoms with Crippen LogP contribution >= 0.6 is 0 Å². The minimum atomic E-state index is -0.741. The van der Waals surface area contributed by atoms with E-state index in [2.05, 4.69) is 19.2 Å². The van der Waals surface area contributed by atoms with E-state index in [9.17, 15) is 14.0 Å². The Morgan fingerprint density at radius 1 is 1.06 bits per heavy atom. The Balaban J connectivity index is 1.70. The number of nitrogens with one attached hydrogen (secondary N) is 1. The summed E-state index contributed by atoms with van der Waals surface area (Å²) in [5.41, 5.74) is 1.55. The van der Waals surface area contributed by atoms with Crippen LogP contribution in [0, 0.1) is 5.82 Å². The summed E-state index contributed by atoms with van der Waals surface area (Å²) < 4.78 is 20.0. The van der Waals surface area contributed by atoms with Crippen LogP contribution in [-0.4, -0.2) is 35.4 Å². The Kier molecular flexibility index (Phi) is 8.26. The molecule has 1 N–H and O–H groups in total. The first-order valence-corrected chi connectivity index (χ1v) is 11.4. The van der Waals surface area contributed by atoms with Gasteiger partial charge in [-0.05, 0) is 49.4 Å². The average molecular weight is 441 g/mol. The highest BCUT2D eigenvalue weighted by Gasteiger charge is 2.29. The van der Waals surface area contributed by atoms with Crippen LogP contribution in [0.1, 0.15) is 63.5 Å². The average Bonchev–Trinajstić information content (AvgIpc) is 3.29. The topological polar surface area (TPSA) is 58.6 Å². The fourth-order valence-corrected chi connectivity index (χ4v) is 3.96. The Morgan fingerprint density at radius 3 is 2.34 bits per heavy atom. The maximum absolute atomic E-state index is 14.3. The summed E-state index contributed by atoms with van der Waals surface area (Å²) in [7, 11) is 0. The van der Waals surface area contributed by atoms with Crippen molar-refractivity contribution in [1.29, 1.82) is 0 Å². The Morgan fingerprint density at radius 2 is 1.72 bits per heavy atom. The summed E-state index contributed by atoms with van der Waals surface area (Å²) in [5.74, 6) is -0.00476. The second kappa shape index (κ2) is 11.1. The summed E-state index contributed by atoms with van der Waals surface area (Å²) in [6, 6.07) is 13.3. The highest BCUT2D eigenvalue weighted by Crippen LogP contribution is 2.20. The number of hydrogen-bond acceptors (Lipinski definition) is 3. The van der Waals surface area contributed by atoms with Crippen molar-refractivity contribution in [2.75, 3.05) is 6.61 Å². The van der Waals surface area contributed by atoms with E-state index in [0.29, 0.717) is 17.2 Å². The molecule has 1 atom stereocenters. The summed E-state index contributed by atoms with van der Waals surface area (Å²) in [6.07, 6.45) is 4.10. The van der Waals surface area contributed by atoms with Crippen molar-refractivity contribution < 1.29 is 18.7 Å². The van der Waals surface area contributed by atoms with E-state index in [0.717, 1.165) is 25.7 Å². The molecule has 0 radical (unpaired) electrons.